The van der Waals surface area contributed by atoms with Crippen LogP contribution < -0.4 is 10.2 Å². The normalized spacial score (nSPS) is 16.4. The lowest BCUT2D eigenvalue weighted by molar-refractivity contribution is -0.120. The molecule has 7 nitrogen and oxygen atoms in total. The third kappa shape index (κ3) is 5.21. The first kappa shape index (κ1) is 25.7. The minimum atomic E-state index is -0.581. The van der Waals surface area contributed by atoms with Crippen LogP contribution in [0.2, 0.25) is 0 Å². The van der Waals surface area contributed by atoms with Crippen molar-refractivity contribution in [1.29, 1.82) is 0 Å². The third-order valence-corrected chi connectivity index (χ3v) is 7.41. The zero-order valence-corrected chi connectivity index (χ0v) is 22.2. The summed E-state index contributed by atoms with van der Waals surface area (Å²) >= 11 is 6.31. The van der Waals surface area contributed by atoms with Crippen molar-refractivity contribution in [2.45, 2.75) is 20.4 Å². The summed E-state index contributed by atoms with van der Waals surface area (Å²) in [6.45, 7) is 7.62. The van der Waals surface area contributed by atoms with Gasteiger partial charge in [0.2, 0.25) is 0 Å². The van der Waals surface area contributed by atoms with Gasteiger partial charge in [-0.2, -0.15) is 0 Å². The van der Waals surface area contributed by atoms with Crippen LogP contribution in [0, 0.1) is 13.8 Å². The van der Waals surface area contributed by atoms with Gasteiger partial charge in [-0.25, -0.2) is 4.90 Å². The Hall–Kier alpha value is -3.94. The molecule has 194 valence electrons. The first-order chi connectivity index (χ1) is 18.3. The van der Waals surface area contributed by atoms with Crippen molar-refractivity contribution < 1.29 is 14.4 Å². The predicted octanol–water partition coefficient (Wildman–Crippen LogP) is 4.70. The molecule has 8 heteroatoms. The Morgan fingerprint density at radius 3 is 2.29 bits per heavy atom. The van der Waals surface area contributed by atoms with Gasteiger partial charge in [-0.3, -0.25) is 19.3 Å². The molecule has 0 radical (unpaired) electrons. The molecular weight excluding hydrogens is 500 g/mol. The minimum Gasteiger partial charge on any atom is -0.350 e. The van der Waals surface area contributed by atoms with E-state index in [0.29, 0.717) is 30.0 Å². The highest BCUT2D eigenvalue weighted by molar-refractivity contribution is 6.53. The van der Waals surface area contributed by atoms with E-state index in [-0.39, 0.29) is 16.6 Å². The van der Waals surface area contributed by atoms with Gasteiger partial charge < -0.3 is 10.2 Å². The largest absolute Gasteiger partial charge is 0.350 e. The number of anilines is 2. The molecule has 1 saturated heterocycles. The Kier molecular flexibility index (Phi) is 7.31. The molecule has 3 amide bonds. The lowest BCUT2D eigenvalue weighted by atomic mass is 10.1. The second-order valence-corrected chi connectivity index (χ2v) is 10.0. The molecule has 0 atom stereocenters. The molecule has 5 rings (SSSR count). The zero-order valence-electron chi connectivity index (χ0n) is 21.4. The second kappa shape index (κ2) is 10.8. The van der Waals surface area contributed by atoms with Gasteiger partial charge in [0.25, 0.3) is 17.7 Å². The number of carbonyl (C=O) groups is 3. The number of benzene rings is 3. The Labute approximate surface area is 227 Å². The number of nitrogens with one attached hydrogen (secondary N) is 1. The fourth-order valence-electron chi connectivity index (χ4n) is 4.72. The molecule has 0 aromatic heterocycles. The van der Waals surface area contributed by atoms with Gasteiger partial charge in [0.15, 0.2) is 0 Å². The molecule has 1 N–H and O–H groups in total. The molecule has 3 aromatic carbocycles. The summed E-state index contributed by atoms with van der Waals surface area (Å²) in [4.78, 5) is 44.5. The number of nitrogens with zero attached hydrogens (tertiary/aromatic N) is 3. The van der Waals surface area contributed by atoms with E-state index in [1.54, 1.807) is 36.4 Å². The number of piperazine rings is 1. The predicted molar refractivity (Wildman–Crippen MR) is 149 cm³/mol. The summed E-state index contributed by atoms with van der Waals surface area (Å²) in [6, 6.07) is 22.6. The number of imide groups is 1. The van der Waals surface area contributed by atoms with Gasteiger partial charge >= 0.3 is 0 Å². The van der Waals surface area contributed by atoms with Crippen LogP contribution >= 0.6 is 11.6 Å². The fourth-order valence-corrected chi connectivity index (χ4v) is 4.93. The molecule has 0 spiro atoms. The van der Waals surface area contributed by atoms with Crippen molar-refractivity contribution in [3.05, 3.63) is 106 Å². The summed E-state index contributed by atoms with van der Waals surface area (Å²) in [5.41, 5.74) is 4.76. The van der Waals surface area contributed by atoms with Gasteiger partial charge in [-0.1, -0.05) is 54.1 Å². The summed E-state index contributed by atoms with van der Waals surface area (Å²) < 4.78 is 0. The number of aryl methyl sites for hydroxylation is 2. The van der Waals surface area contributed by atoms with E-state index in [2.05, 4.69) is 22.3 Å². The summed E-state index contributed by atoms with van der Waals surface area (Å²) in [6.07, 6.45) is 0. The number of hydrogen-bond donors (Lipinski definition) is 1. The van der Waals surface area contributed by atoms with Crippen LogP contribution in [0.25, 0.3) is 0 Å². The highest BCUT2D eigenvalue weighted by Gasteiger charge is 2.39. The standard InChI is InChI=1S/C30H29ClN4O3/c1-20-11-12-25(17-21(20)2)35-29(37)26(31)27(30(35)38)32-24-10-6-9-23(18-24)28(36)34-15-13-33(14-16-34)19-22-7-4-3-5-8-22/h3-12,17-18,32H,13-16,19H2,1-2H3. The number of halogens is 1. The van der Waals surface area contributed by atoms with Crippen LogP contribution in [-0.2, 0) is 16.1 Å². The van der Waals surface area contributed by atoms with Crippen LogP contribution in [-0.4, -0.2) is 53.7 Å². The topological polar surface area (TPSA) is 73.0 Å². The quantitative estimate of drug-likeness (QED) is 0.470. The molecule has 0 unspecified atom stereocenters. The lowest BCUT2D eigenvalue weighted by Crippen LogP contribution is -2.48. The monoisotopic (exact) mass is 528 g/mol. The molecule has 0 aliphatic carbocycles. The number of hydrogen-bond acceptors (Lipinski definition) is 5. The van der Waals surface area contributed by atoms with E-state index in [0.717, 1.165) is 35.7 Å². The first-order valence-electron chi connectivity index (χ1n) is 12.6. The van der Waals surface area contributed by atoms with Gasteiger partial charge in [0.1, 0.15) is 10.7 Å². The summed E-state index contributed by atoms with van der Waals surface area (Å²) in [5, 5.41) is 2.80. The van der Waals surface area contributed by atoms with Crippen LogP contribution in [0.3, 0.4) is 0 Å². The van der Waals surface area contributed by atoms with Gasteiger partial charge in [-0.05, 0) is 60.9 Å². The molecular formula is C30H29ClN4O3. The lowest BCUT2D eigenvalue weighted by Gasteiger charge is -2.34. The minimum absolute atomic E-state index is 0.00554. The van der Waals surface area contributed by atoms with Crippen LogP contribution in [0.1, 0.15) is 27.0 Å². The van der Waals surface area contributed by atoms with Crippen molar-refractivity contribution in [2.24, 2.45) is 0 Å². The third-order valence-electron chi connectivity index (χ3n) is 7.06. The van der Waals surface area contributed by atoms with E-state index in [9.17, 15) is 14.4 Å². The summed E-state index contributed by atoms with van der Waals surface area (Å²) in [7, 11) is 0. The number of rotatable bonds is 6. The maximum Gasteiger partial charge on any atom is 0.283 e. The van der Waals surface area contributed by atoms with E-state index < -0.39 is 11.8 Å². The van der Waals surface area contributed by atoms with Gasteiger partial charge in [-0.15, -0.1) is 0 Å². The fraction of sp³-hybridized carbons (Fsp3) is 0.233. The van der Waals surface area contributed by atoms with Crippen LogP contribution in [0.4, 0.5) is 11.4 Å². The average Bonchev–Trinajstić information content (AvgIpc) is 3.14. The van der Waals surface area contributed by atoms with Gasteiger partial charge in [0.05, 0.1) is 5.69 Å². The second-order valence-electron chi connectivity index (χ2n) is 9.66. The van der Waals surface area contributed by atoms with E-state index in [1.165, 1.54) is 5.56 Å². The Bertz CT molecular complexity index is 1430. The van der Waals surface area contributed by atoms with E-state index in [4.69, 9.17) is 11.6 Å². The van der Waals surface area contributed by atoms with Gasteiger partial charge in [0, 0.05) is 44.0 Å². The van der Waals surface area contributed by atoms with Crippen molar-refractivity contribution in [1.82, 2.24) is 9.80 Å². The summed E-state index contributed by atoms with van der Waals surface area (Å²) in [5.74, 6) is -1.18. The number of amides is 3. The van der Waals surface area contributed by atoms with E-state index in [1.807, 2.05) is 43.0 Å². The van der Waals surface area contributed by atoms with E-state index >= 15 is 0 Å². The highest BCUT2D eigenvalue weighted by Crippen LogP contribution is 2.31. The molecule has 2 aliphatic heterocycles. The van der Waals surface area contributed by atoms with Crippen LogP contribution in [0.15, 0.2) is 83.5 Å². The first-order valence-corrected chi connectivity index (χ1v) is 13.0. The maximum atomic E-state index is 13.2. The molecule has 0 saturated carbocycles. The molecule has 2 aliphatic rings. The maximum absolute atomic E-state index is 13.2. The van der Waals surface area contributed by atoms with Crippen molar-refractivity contribution in [3.8, 4) is 0 Å². The molecule has 3 aromatic rings. The Balaban J connectivity index is 1.25. The van der Waals surface area contributed by atoms with Crippen molar-refractivity contribution in [2.75, 3.05) is 36.4 Å². The Morgan fingerprint density at radius 1 is 0.842 bits per heavy atom. The Morgan fingerprint density at radius 2 is 1.58 bits per heavy atom. The van der Waals surface area contributed by atoms with Crippen molar-refractivity contribution in [3.63, 3.8) is 0 Å². The van der Waals surface area contributed by atoms with Crippen LogP contribution in [0.5, 0.6) is 0 Å². The average molecular weight is 529 g/mol. The zero-order chi connectivity index (χ0) is 26.8. The number of carbonyl (C=O) groups excluding carboxylic acids is 3. The highest BCUT2D eigenvalue weighted by atomic mass is 35.5. The smallest absolute Gasteiger partial charge is 0.283 e. The molecule has 38 heavy (non-hydrogen) atoms. The molecule has 0 bridgehead atoms. The SMILES string of the molecule is Cc1ccc(N2C(=O)C(Cl)=C(Nc3cccc(C(=O)N4CCN(Cc5ccccc5)CC4)c3)C2=O)cc1C. The molecule has 1 fully saturated rings. The van der Waals surface area contributed by atoms with Crippen molar-refractivity contribution >= 4 is 40.7 Å². The molecule has 2 heterocycles.